The molecule has 1 unspecified atom stereocenters. The van der Waals surface area contributed by atoms with Crippen molar-refractivity contribution >= 4 is 17.3 Å². The van der Waals surface area contributed by atoms with Crippen molar-refractivity contribution < 1.29 is 14.3 Å². The molecule has 28 heavy (non-hydrogen) atoms. The molecular weight excluding hydrogens is 374 g/mol. The molecule has 1 saturated carbocycles. The summed E-state index contributed by atoms with van der Waals surface area (Å²) in [6.07, 6.45) is 5.69. The minimum Gasteiger partial charge on any atom is -0.457 e. The molecule has 4 nitrogen and oxygen atoms in total. The Hall–Kier alpha value is -2.04. The summed E-state index contributed by atoms with van der Waals surface area (Å²) in [4.78, 5) is 5.98. The molecule has 2 aromatic carbocycles. The zero-order chi connectivity index (χ0) is 19.6. The third-order valence-corrected chi connectivity index (χ3v) is 5.95. The van der Waals surface area contributed by atoms with Crippen LogP contribution in [0.5, 0.6) is 11.5 Å². The monoisotopic (exact) mass is 399 g/mol. The zero-order valence-electron chi connectivity index (χ0n) is 16.4. The first kappa shape index (κ1) is 19.3. The Kier molecular flexibility index (Phi) is 5.35. The largest absolute Gasteiger partial charge is 0.457 e. The third-order valence-electron chi connectivity index (χ3n) is 5.70. The second kappa shape index (κ2) is 7.76. The lowest BCUT2D eigenvalue weighted by atomic mass is 9.73. The highest BCUT2D eigenvalue weighted by atomic mass is 35.5. The molecule has 2 aromatic rings. The number of oxime groups is 1. The van der Waals surface area contributed by atoms with Gasteiger partial charge < -0.3 is 14.3 Å². The van der Waals surface area contributed by atoms with E-state index in [1.165, 1.54) is 19.3 Å². The summed E-state index contributed by atoms with van der Waals surface area (Å²) >= 11 is 5.91. The number of fused-ring (bicyclic) bond motifs is 1. The van der Waals surface area contributed by atoms with Gasteiger partial charge in [-0.3, -0.25) is 0 Å². The second-order valence-corrected chi connectivity index (χ2v) is 7.72. The number of rotatable bonds is 3. The van der Waals surface area contributed by atoms with Gasteiger partial charge >= 0.3 is 0 Å². The van der Waals surface area contributed by atoms with Crippen LogP contribution in [0.25, 0.3) is 0 Å². The Morgan fingerprint density at radius 2 is 1.46 bits per heavy atom. The number of hydrogen-bond acceptors (Lipinski definition) is 4. The molecule has 0 N–H and O–H groups in total. The van der Waals surface area contributed by atoms with E-state index in [2.05, 4.69) is 5.16 Å². The van der Waals surface area contributed by atoms with Crippen molar-refractivity contribution in [3.63, 3.8) is 0 Å². The zero-order valence-corrected chi connectivity index (χ0v) is 17.2. The molecule has 148 valence electrons. The molecule has 1 saturated heterocycles. The Balaban J connectivity index is 0.000000932. The van der Waals surface area contributed by atoms with Crippen LogP contribution in [0.4, 0.5) is 0 Å². The van der Waals surface area contributed by atoms with E-state index >= 15 is 0 Å². The van der Waals surface area contributed by atoms with E-state index in [1.54, 1.807) is 0 Å². The second-order valence-electron chi connectivity index (χ2n) is 7.28. The fourth-order valence-corrected chi connectivity index (χ4v) is 4.32. The minimum atomic E-state index is -0.341. The van der Waals surface area contributed by atoms with Gasteiger partial charge in [0, 0.05) is 10.6 Å². The van der Waals surface area contributed by atoms with Gasteiger partial charge in [0.15, 0.2) is 11.2 Å². The van der Waals surface area contributed by atoms with Gasteiger partial charge in [0.05, 0.1) is 6.61 Å². The summed E-state index contributed by atoms with van der Waals surface area (Å²) in [7, 11) is 0. The van der Waals surface area contributed by atoms with Crippen LogP contribution in [0.3, 0.4) is 0 Å². The minimum absolute atomic E-state index is 0.251. The summed E-state index contributed by atoms with van der Waals surface area (Å²) < 4.78 is 11.8. The van der Waals surface area contributed by atoms with Gasteiger partial charge in [-0.2, -0.15) is 0 Å². The maximum atomic E-state index is 5.98. The van der Waals surface area contributed by atoms with Crippen LogP contribution < -0.4 is 4.74 Å². The van der Waals surface area contributed by atoms with Crippen molar-refractivity contribution in [2.24, 2.45) is 5.16 Å². The normalized spacial score (nSPS) is 24.2. The average Bonchev–Trinajstić information content (AvgIpc) is 3.50. The average molecular weight is 400 g/mol. The van der Waals surface area contributed by atoms with Crippen molar-refractivity contribution in [1.82, 2.24) is 0 Å². The molecule has 5 heteroatoms. The fourth-order valence-electron chi connectivity index (χ4n) is 4.19. The highest BCUT2D eigenvalue weighted by Gasteiger charge is 2.70. The predicted molar refractivity (Wildman–Crippen MR) is 111 cm³/mol. The van der Waals surface area contributed by atoms with Crippen LogP contribution >= 0.6 is 11.6 Å². The molecule has 2 fully saturated rings. The van der Waals surface area contributed by atoms with E-state index in [1.807, 2.05) is 62.4 Å². The lowest BCUT2D eigenvalue weighted by molar-refractivity contribution is -0.0788. The Labute approximate surface area is 171 Å². The molecule has 3 aliphatic rings. The smallest absolute Gasteiger partial charge is 0.179 e. The van der Waals surface area contributed by atoms with E-state index in [9.17, 15) is 0 Å². The van der Waals surface area contributed by atoms with E-state index in [4.69, 9.17) is 25.9 Å². The molecule has 0 aromatic heterocycles. The lowest BCUT2D eigenvalue weighted by Gasteiger charge is -2.34. The number of epoxide rings is 1. The van der Waals surface area contributed by atoms with Gasteiger partial charge in [-0.1, -0.05) is 37.0 Å². The van der Waals surface area contributed by atoms with Crippen LogP contribution in [-0.2, 0) is 9.57 Å². The standard InChI is InChI=1S/C21H20ClNO3.C2H6/c22-16-6-10-18(11-7-16)25-17-8-4-15(5-9-17)19-21(14-24-21)20(26-23-19)12-2-1-3-13-20;1-2/h4-11H,1-3,12-14H2;1-2H3. The van der Waals surface area contributed by atoms with Crippen molar-refractivity contribution in [1.29, 1.82) is 0 Å². The van der Waals surface area contributed by atoms with E-state index < -0.39 is 0 Å². The summed E-state index contributed by atoms with van der Waals surface area (Å²) in [6.45, 7) is 4.70. The highest BCUT2D eigenvalue weighted by molar-refractivity contribution is 6.30. The van der Waals surface area contributed by atoms with Crippen molar-refractivity contribution in [3.8, 4) is 11.5 Å². The fraction of sp³-hybridized carbons (Fsp3) is 0.435. The van der Waals surface area contributed by atoms with Gasteiger partial charge in [-0.15, -0.1) is 0 Å². The molecule has 0 bridgehead atoms. The van der Waals surface area contributed by atoms with Gasteiger partial charge in [-0.25, -0.2) is 0 Å². The lowest BCUT2D eigenvalue weighted by Crippen LogP contribution is -2.48. The summed E-state index contributed by atoms with van der Waals surface area (Å²) in [5.41, 5.74) is 1.37. The molecule has 2 aliphatic heterocycles. The van der Waals surface area contributed by atoms with Crippen LogP contribution in [0, 0.1) is 0 Å². The molecule has 2 spiro atoms. The van der Waals surface area contributed by atoms with Crippen molar-refractivity contribution in [3.05, 3.63) is 59.1 Å². The first-order valence-corrected chi connectivity index (χ1v) is 10.5. The van der Waals surface area contributed by atoms with Gasteiger partial charge in [0.25, 0.3) is 0 Å². The number of hydrogen-bond donors (Lipinski definition) is 0. The van der Waals surface area contributed by atoms with E-state index in [-0.39, 0.29) is 11.2 Å². The topological polar surface area (TPSA) is 43.4 Å². The first-order valence-electron chi connectivity index (χ1n) is 10.2. The summed E-state index contributed by atoms with van der Waals surface area (Å²) in [5.74, 6) is 1.53. The molecule has 0 amide bonds. The number of ether oxygens (including phenoxy) is 2. The van der Waals surface area contributed by atoms with Crippen molar-refractivity contribution in [2.75, 3.05) is 6.61 Å². The van der Waals surface area contributed by atoms with Crippen molar-refractivity contribution in [2.45, 2.75) is 57.2 Å². The van der Waals surface area contributed by atoms with Crippen LogP contribution in [0.2, 0.25) is 5.02 Å². The number of halogens is 1. The SMILES string of the molecule is CC.Clc1ccc(Oc2ccc(C3=NOC4(CCCCC4)C34CO4)cc2)cc1. The summed E-state index contributed by atoms with van der Waals surface area (Å²) in [5, 5.41) is 5.15. The molecule has 5 rings (SSSR count). The molecule has 1 aliphatic carbocycles. The Morgan fingerprint density at radius 3 is 2.04 bits per heavy atom. The van der Waals surface area contributed by atoms with E-state index in [0.29, 0.717) is 11.6 Å². The molecule has 0 radical (unpaired) electrons. The van der Waals surface area contributed by atoms with Gasteiger partial charge in [0.1, 0.15) is 17.2 Å². The molecule has 1 atom stereocenters. The van der Waals surface area contributed by atoms with Crippen LogP contribution in [-0.4, -0.2) is 23.5 Å². The van der Waals surface area contributed by atoms with Gasteiger partial charge in [0.2, 0.25) is 0 Å². The van der Waals surface area contributed by atoms with Crippen LogP contribution in [0.15, 0.2) is 53.7 Å². The molecular formula is C23H26ClNO3. The first-order chi connectivity index (χ1) is 13.7. The van der Waals surface area contributed by atoms with Gasteiger partial charge in [-0.05, 0) is 74.2 Å². The summed E-state index contributed by atoms with van der Waals surface area (Å²) in [6, 6.07) is 15.3. The quantitative estimate of drug-likeness (QED) is 0.563. The Bertz CT molecular complexity index is 835. The van der Waals surface area contributed by atoms with Crippen LogP contribution in [0.1, 0.15) is 51.5 Å². The maximum absolute atomic E-state index is 5.98. The third kappa shape index (κ3) is 3.29. The number of benzene rings is 2. The molecule has 2 heterocycles. The predicted octanol–water partition coefficient (Wildman–Crippen LogP) is 6.36. The number of nitrogens with zero attached hydrogens (tertiary/aromatic N) is 1. The Morgan fingerprint density at radius 1 is 0.893 bits per heavy atom. The maximum Gasteiger partial charge on any atom is 0.179 e. The highest BCUT2D eigenvalue weighted by Crippen LogP contribution is 2.54. The van der Waals surface area contributed by atoms with E-state index in [0.717, 1.165) is 35.6 Å².